The first kappa shape index (κ1) is 8.26. The van der Waals surface area contributed by atoms with Crippen molar-refractivity contribution >= 4 is 21.9 Å². The molecule has 0 fully saturated rings. The molecule has 0 aliphatic carbocycles. The van der Waals surface area contributed by atoms with Crippen molar-refractivity contribution in [1.29, 1.82) is 0 Å². The molecule has 4 nitrogen and oxygen atoms in total. The lowest BCUT2D eigenvalue weighted by atomic mass is 10.4. The van der Waals surface area contributed by atoms with E-state index in [4.69, 9.17) is 5.11 Å². The third-order valence-corrected chi connectivity index (χ3v) is 1.73. The van der Waals surface area contributed by atoms with Crippen molar-refractivity contribution in [2.45, 2.75) is 13.0 Å². The van der Waals surface area contributed by atoms with Crippen LogP contribution >= 0.6 is 15.9 Å². The predicted molar refractivity (Wildman–Crippen MR) is 42.3 cm³/mol. The van der Waals surface area contributed by atoms with E-state index in [0.29, 0.717) is 0 Å². The molecule has 1 heterocycles. The Bertz CT molecular complexity index is 271. The second kappa shape index (κ2) is 3.04. The van der Waals surface area contributed by atoms with Gasteiger partial charge in [0.2, 0.25) is 0 Å². The Morgan fingerprint density at radius 3 is 2.91 bits per heavy atom. The van der Waals surface area contributed by atoms with Crippen molar-refractivity contribution in [3.05, 3.63) is 16.9 Å². The molecular formula is C6H7BrN2O2. The van der Waals surface area contributed by atoms with E-state index in [1.807, 2.05) is 0 Å². The van der Waals surface area contributed by atoms with Gasteiger partial charge in [-0.3, -0.25) is 4.68 Å². The van der Waals surface area contributed by atoms with Crippen LogP contribution < -0.4 is 0 Å². The summed E-state index contributed by atoms with van der Waals surface area (Å²) >= 11 is 3.17. The Labute approximate surface area is 72.0 Å². The summed E-state index contributed by atoms with van der Waals surface area (Å²) in [5.41, 5.74) is 0. The van der Waals surface area contributed by atoms with E-state index >= 15 is 0 Å². The van der Waals surface area contributed by atoms with Crippen LogP contribution in [0.4, 0.5) is 0 Å². The number of halogens is 1. The lowest BCUT2D eigenvalue weighted by Crippen LogP contribution is -2.15. The third-order valence-electron chi connectivity index (χ3n) is 1.32. The molecule has 0 spiro atoms. The van der Waals surface area contributed by atoms with Gasteiger partial charge in [0.1, 0.15) is 6.04 Å². The van der Waals surface area contributed by atoms with Crippen LogP contribution in [-0.4, -0.2) is 20.9 Å². The number of nitrogens with zero attached hydrogens (tertiary/aromatic N) is 2. The number of aliphatic carboxylic acids is 1. The van der Waals surface area contributed by atoms with Crippen LogP contribution in [0.15, 0.2) is 16.9 Å². The molecule has 1 aromatic heterocycles. The van der Waals surface area contributed by atoms with Crippen LogP contribution in [0.1, 0.15) is 13.0 Å². The van der Waals surface area contributed by atoms with Gasteiger partial charge in [0.05, 0.1) is 10.7 Å². The molecule has 0 saturated heterocycles. The summed E-state index contributed by atoms with van der Waals surface area (Å²) in [6, 6.07) is -0.610. The molecule has 1 N–H and O–H groups in total. The molecule has 0 aliphatic heterocycles. The minimum absolute atomic E-state index is 0.610. The van der Waals surface area contributed by atoms with Crippen LogP contribution in [0.5, 0.6) is 0 Å². The first-order chi connectivity index (χ1) is 5.11. The number of carboxylic acids is 1. The normalized spacial score (nSPS) is 12.9. The molecule has 0 aromatic carbocycles. The molecule has 1 unspecified atom stereocenters. The van der Waals surface area contributed by atoms with E-state index in [9.17, 15) is 4.79 Å². The summed E-state index contributed by atoms with van der Waals surface area (Å²) in [5, 5.41) is 12.4. The molecule has 1 atom stereocenters. The second-order valence-corrected chi connectivity index (χ2v) is 3.07. The number of hydrogen-bond acceptors (Lipinski definition) is 2. The summed E-state index contributed by atoms with van der Waals surface area (Å²) in [6.45, 7) is 1.57. The van der Waals surface area contributed by atoms with E-state index in [0.717, 1.165) is 4.47 Å². The Balaban J connectivity index is 2.84. The molecule has 0 amide bonds. The summed E-state index contributed by atoms with van der Waals surface area (Å²) in [6.07, 6.45) is 3.18. The summed E-state index contributed by atoms with van der Waals surface area (Å²) in [7, 11) is 0. The Morgan fingerprint density at radius 1 is 1.91 bits per heavy atom. The van der Waals surface area contributed by atoms with Gasteiger partial charge in [-0.15, -0.1) is 0 Å². The molecule has 1 rings (SSSR count). The maximum absolute atomic E-state index is 10.4. The van der Waals surface area contributed by atoms with Crippen LogP contribution in [0.2, 0.25) is 0 Å². The molecule has 0 bridgehead atoms. The largest absolute Gasteiger partial charge is 0.480 e. The van der Waals surface area contributed by atoms with Gasteiger partial charge in [-0.1, -0.05) is 0 Å². The van der Waals surface area contributed by atoms with E-state index in [1.54, 1.807) is 19.3 Å². The summed E-state index contributed by atoms with van der Waals surface area (Å²) in [4.78, 5) is 10.4. The zero-order chi connectivity index (χ0) is 8.43. The van der Waals surface area contributed by atoms with Gasteiger partial charge in [-0.05, 0) is 22.9 Å². The smallest absolute Gasteiger partial charge is 0.328 e. The van der Waals surface area contributed by atoms with Crippen molar-refractivity contribution in [1.82, 2.24) is 9.78 Å². The minimum Gasteiger partial charge on any atom is -0.480 e. The lowest BCUT2D eigenvalue weighted by Gasteiger charge is -2.04. The fourth-order valence-electron chi connectivity index (χ4n) is 0.640. The minimum atomic E-state index is -0.888. The molecule has 1 aromatic rings. The van der Waals surface area contributed by atoms with Gasteiger partial charge in [-0.2, -0.15) is 5.10 Å². The van der Waals surface area contributed by atoms with Gasteiger partial charge in [-0.25, -0.2) is 4.79 Å². The van der Waals surface area contributed by atoms with Crippen molar-refractivity contribution in [3.8, 4) is 0 Å². The first-order valence-electron chi connectivity index (χ1n) is 3.03. The van der Waals surface area contributed by atoms with Crippen LogP contribution in [0.3, 0.4) is 0 Å². The van der Waals surface area contributed by atoms with E-state index in [2.05, 4.69) is 21.0 Å². The average Bonchev–Trinajstić information content (AvgIpc) is 2.34. The Kier molecular flexibility index (Phi) is 2.28. The molecular weight excluding hydrogens is 212 g/mol. The van der Waals surface area contributed by atoms with Crippen molar-refractivity contribution in [2.24, 2.45) is 0 Å². The van der Waals surface area contributed by atoms with Crippen LogP contribution in [-0.2, 0) is 4.79 Å². The standard InChI is InChI=1S/C6H7BrN2O2/c1-4(6(10)11)9-3-5(7)2-8-9/h2-4H,1H3,(H,10,11). The third kappa shape index (κ3) is 1.80. The van der Waals surface area contributed by atoms with E-state index in [-0.39, 0.29) is 0 Å². The fourth-order valence-corrected chi connectivity index (χ4v) is 0.941. The van der Waals surface area contributed by atoms with Gasteiger partial charge in [0.15, 0.2) is 0 Å². The SMILES string of the molecule is CC(C(=O)O)n1cc(Br)cn1. The molecule has 11 heavy (non-hydrogen) atoms. The molecule has 0 aliphatic rings. The van der Waals surface area contributed by atoms with Crippen molar-refractivity contribution in [2.75, 3.05) is 0 Å². The zero-order valence-corrected chi connectivity index (χ0v) is 7.45. The van der Waals surface area contributed by atoms with Gasteiger partial charge in [0, 0.05) is 6.20 Å². The Morgan fingerprint density at radius 2 is 2.55 bits per heavy atom. The molecule has 60 valence electrons. The van der Waals surface area contributed by atoms with Gasteiger partial charge < -0.3 is 5.11 Å². The zero-order valence-electron chi connectivity index (χ0n) is 5.86. The van der Waals surface area contributed by atoms with E-state index < -0.39 is 12.0 Å². The number of rotatable bonds is 2. The first-order valence-corrected chi connectivity index (χ1v) is 3.83. The van der Waals surface area contributed by atoms with Crippen LogP contribution in [0.25, 0.3) is 0 Å². The monoisotopic (exact) mass is 218 g/mol. The molecule has 0 radical (unpaired) electrons. The van der Waals surface area contributed by atoms with Gasteiger partial charge in [0.25, 0.3) is 0 Å². The molecule has 0 saturated carbocycles. The lowest BCUT2D eigenvalue weighted by molar-refractivity contribution is -0.140. The number of hydrogen-bond donors (Lipinski definition) is 1. The number of carbonyl (C=O) groups is 1. The summed E-state index contributed by atoms with van der Waals surface area (Å²) in [5.74, 6) is -0.888. The predicted octanol–water partition coefficient (Wildman–Crippen LogP) is 1.29. The van der Waals surface area contributed by atoms with Crippen LogP contribution in [0, 0.1) is 0 Å². The average molecular weight is 219 g/mol. The quantitative estimate of drug-likeness (QED) is 0.815. The van der Waals surface area contributed by atoms with E-state index in [1.165, 1.54) is 4.68 Å². The highest BCUT2D eigenvalue weighted by Gasteiger charge is 2.12. The topological polar surface area (TPSA) is 55.1 Å². The number of carboxylic acid groups (broad SMARTS) is 1. The highest BCUT2D eigenvalue weighted by molar-refractivity contribution is 9.10. The maximum Gasteiger partial charge on any atom is 0.328 e. The number of aromatic nitrogens is 2. The second-order valence-electron chi connectivity index (χ2n) is 2.15. The van der Waals surface area contributed by atoms with Gasteiger partial charge >= 0.3 is 5.97 Å². The maximum atomic E-state index is 10.4. The summed E-state index contributed by atoms with van der Waals surface area (Å²) < 4.78 is 2.16. The Hall–Kier alpha value is -0.840. The fraction of sp³-hybridized carbons (Fsp3) is 0.333. The van der Waals surface area contributed by atoms with Crippen molar-refractivity contribution in [3.63, 3.8) is 0 Å². The highest BCUT2D eigenvalue weighted by Crippen LogP contribution is 2.10. The van der Waals surface area contributed by atoms with Crippen molar-refractivity contribution < 1.29 is 9.90 Å². The molecule has 5 heteroatoms. The highest BCUT2D eigenvalue weighted by atomic mass is 79.9.